The number of methoxy groups -OCH3 is 1. The molecule has 130 valence electrons. The van der Waals surface area contributed by atoms with Gasteiger partial charge in [-0.2, -0.15) is 0 Å². The Balaban J connectivity index is 1.80. The average Bonchev–Trinajstić information content (AvgIpc) is 3.03. The maximum Gasteiger partial charge on any atom is 0.255 e. The van der Waals surface area contributed by atoms with Crippen LogP contribution in [-0.2, 0) is 0 Å². The third kappa shape index (κ3) is 3.61. The maximum atomic E-state index is 12.8. The molecule has 0 aliphatic carbocycles. The van der Waals surface area contributed by atoms with Gasteiger partial charge in [-0.3, -0.25) is 4.79 Å². The second kappa shape index (κ2) is 8.06. The van der Waals surface area contributed by atoms with Crippen molar-refractivity contribution in [3.8, 4) is 11.5 Å². The molecular weight excluding hydrogens is 370 g/mol. The van der Waals surface area contributed by atoms with Gasteiger partial charge in [-0.05, 0) is 49.8 Å². The van der Waals surface area contributed by atoms with Crippen molar-refractivity contribution in [3.63, 3.8) is 0 Å². The second-order valence-electron chi connectivity index (χ2n) is 6.26. The first-order valence-electron chi connectivity index (χ1n) is 8.64. The summed E-state index contributed by atoms with van der Waals surface area (Å²) in [6, 6.07) is 4.00. The zero-order valence-corrected chi connectivity index (χ0v) is 15.7. The summed E-state index contributed by atoms with van der Waals surface area (Å²) in [6.45, 7) is 1.50. The van der Waals surface area contributed by atoms with Crippen LogP contribution in [0.25, 0.3) is 6.08 Å². The lowest BCUT2D eigenvalue weighted by atomic mass is 10.1. The summed E-state index contributed by atoms with van der Waals surface area (Å²) in [4.78, 5) is 14.8. The monoisotopic (exact) mass is 393 g/mol. The van der Waals surface area contributed by atoms with Gasteiger partial charge in [0, 0.05) is 11.9 Å². The van der Waals surface area contributed by atoms with Gasteiger partial charge in [-0.25, -0.2) is 0 Å². The van der Waals surface area contributed by atoms with E-state index in [1.54, 1.807) is 7.11 Å². The van der Waals surface area contributed by atoms with Crippen LogP contribution in [0.5, 0.6) is 11.5 Å². The Morgan fingerprint density at radius 1 is 1.25 bits per heavy atom. The van der Waals surface area contributed by atoms with E-state index in [1.807, 2.05) is 17.0 Å². The fraction of sp³-hybridized carbons (Fsp3) is 0.526. The minimum absolute atomic E-state index is 0.0969. The van der Waals surface area contributed by atoms with E-state index in [0.29, 0.717) is 17.9 Å². The van der Waals surface area contributed by atoms with Crippen LogP contribution in [0.3, 0.4) is 0 Å². The van der Waals surface area contributed by atoms with Crippen molar-refractivity contribution < 1.29 is 14.3 Å². The molecule has 1 fully saturated rings. The maximum absolute atomic E-state index is 12.8. The predicted molar refractivity (Wildman–Crippen MR) is 99.2 cm³/mol. The summed E-state index contributed by atoms with van der Waals surface area (Å²) < 4.78 is 11.4. The highest BCUT2D eigenvalue weighted by Crippen LogP contribution is 2.35. The first kappa shape index (κ1) is 17.3. The molecule has 24 heavy (non-hydrogen) atoms. The number of unbranched alkanes of at least 4 members (excludes halogenated alkanes) is 2. The predicted octanol–water partition coefficient (Wildman–Crippen LogP) is 4.27. The summed E-state index contributed by atoms with van der Waals surface area (Å²) in [5.74, 6) is 1.45. The van der Waals surface area contributed by atoms with E-state index in [1.165, 1.54) is 0 Å². The lowest BCUT2D eigenvalue weighted by molar-refractivity contribution is 0.0763. The number of halogens is 1. The summed E-state index contributed by atoms with van der Waals surface area (Å²) in [5.41, 5.74) is 1.63. The van der Waals surface area contributed by atoms with Gasteiger partial charge in [0.2, 0.25) is 0 Å². The molecule has 0 unspecified atom stereocenters. The summed E-state index contributed by atoms with van der Waals surface area (Å²) in [5, 5.41) is 1.03. The Morgan fingerprint density at radius 3 is 2.92 bits per heavy atom. The van der Waals surface area contributed by atoms with Gasteiger partial charge in [0.15, 0.2) is 11.5 Å². The van der Waals surface area contributed by atoms with Gasteiger partial charge in [0.05, 0.1) is 25.3 Å². The number of rotatable bonds is 7. The molecule has 0 aromatic heterocycles. The molecule has 1 aromatic rings. The number of ether oxygens (including phenoxy) is 2. The Labute approximate surface area is 151 Å². The van der Waals surface area contributed by atoms with E-state index in [2.05, 4.69) is 28.1 Å². The number of hydrogen-bond donors (Lipinski definition) is 0. The van der Waals surface area contributed by atoms with E-state index in [9.17, 15) is 4.79 Å². The fourth-order valence-corrected chi connectivity index (χ4v) is 3.74. The normalized spacial score (nSPS) is 19.0. The van der Waals surface area contributed by atoms with Crippen LogP contribution in [0.1, 0.15) is 48.0 Å². The Morgan fingerprint density at radius 2 is 2.12 bits per heavy atom. The standard InChI is InChI=1S/C19H24BrNO3/c1-23-17-13-16-14(12-18(17)24-11-4-2-3-9-20)7-8-15-6-5-10-21(15)19(16)22/h7-8,12-13,15H,2-6,9-11H2,1H3/t15-/m0/s1. The molecule has 2 heterocycles. The molecule has 2 aliphatic rings. The SMILES string of the molecule is COc1cc2c(cc1OCCCCCBr)C=C[C@@H]1CCCN1C2=O. The molecule has 5 heteroatoms. The Hall–Kier alpha value is -1.49. The van der Waals surface area contributed by atoms with Crippen molar-refractivity contribution in [3.05, 3.63) is 29.3 Å². The molecule has 1 aromatic carbocycles. The number of hydrogen-bond acceptors (Lipinski definition) is 3. The van der Waals surface area contributed by atoms with E-state index in [0.717, 1.165) is 55.3 Å². The highest BCUT2D eigenvalue weighted by Gasteiger charge is 2.31. The molecule has 1 saturated heterocycles. The number of carbonyl (C=O) groups is 1. The summed E-state index contributed by atoms with van der Waals surface area (Å²) >= 11 is 3.44. The lowest BCUT2D eigenvalue weighted by Gasteiger charge is -2.21. The van der Waals surface area contributed by atoms with Crippen molar-refractivity contribution in [1.82, 2.24) is 4.90 Å². The largest absolute Gasteiger partial charge is 0.493 e. The van der Waals surface area contributed by atoms with Crippen molar-refractivity contribution >= 4 is 27.9 Å². The highest BCUT2D eigenvalue weighted by molar-refractivity contribution is 9.09. The third-order valence-electron chi connectivity index (χ3n) is 4.66. The molecule has 0 spiro atoms. The summed E-state index contributed by atoms with van der Waals surface area (Å²) in [7, 11) is 1.62. The number of benzene rings is 1. The van der Waals surface area contributed by atoms with Crippen LogP contribution in [0.2, 0.25) is 0 Å². The Bertz CT molecular complexity index is 629. The first-order valence-corrected chi connectivity index (χ1v) is 9.76. The molecule has 0 bridgehead atoms. The smallest absolute Gasteiger partial charge is 0.255 e. The van der Waals surface area contributed by atoms with Crippen LogP contribution < -0.4 is 9.47 Å². The molecule has 2 aliphatic heterocycles. The molecule has 4 nitrogen and oxygen atoms in total. The number of carbonyl (C=O) groups excluding carboxylic acids is 1. The van der Waals surface area contributed by atoms with Gasteiger partial charge in [0.25, 0.3) is 5.91 Å². The number of amides is 1. The van der Waals surface area contributed by atoms with Crippen molar-refractivity contribution in [1.29, 1.82) is 0 Å². The topological polar surface area (TPSA) is 38.8 Å². The molecule has 0 N–H and O–H groups in total. The number of nitrogens with zero attached hydrogens (tertiary/aromatic N) is 1. The number of fused-ring (bicyclic) bond motifs is 2. The summed E-state index contributed by atoms with van der Waals surface area (Å²) in [6.07, 6.45) is 9.61. The molecule has 3 rings (SSSR count). The van der Waals surface area contributed by atoms with Crippen LogP contribution in [-0.4, -0.2) is 42.4 Å². The third-order valence-corrected chi connectivity index (χ3v) is 5.22. The Kier molecular flexibility index (Phi) is 5.82. The first-order chi connectivity index (χ1) is 11.7. The minimum Gasteiger partial charge on any atom is -0.493 e. The average molecular weight is 394 g/mol. The van der Waals surface area contributed by atoms with Gasteiger partial charge in [0.1, 0.15) is 0 Å². The van der Waals surface area contributed by atoms with Crippen LogP contribution >= 0.6 is 15.9 Å². The van der Waals surface area contributed by atoms with Gasteiger partial charge >= 0.3 is 0 Å². The van der Waals surface area contributed by atoms with Gasteiger partial charge < -0.3 is 14.4 Å². The zero-order chi connectivity index (χ0) is 16.9. The quantitative estimate of drug-likeness (QED) is 0.512. The van der Waals surface area contributed by atoms with Crippen LogP contribution in [0.15, 0.2) is 18.2 Å². The van der Waals surface area contributed by atoms with Crippen molar-refractivity contribution in [2.45, 2.75) is 38.1 Å². The lowest BCUT2D eigenvalue weighted by Crippen LogP contribution is -2.33. The molecular formula is C19H24BrNO3. The van der Waals surface area contributed by atoms with Crippen molar-refractivity contribution in [2.75, 3.05) is 25.6 Å². The van der Waals surface area contributed by atoms with Gasteiger partial charge in [-0.1, -0.05) is 28.1 Å². The molecule has 0 radical (unpaired) electrons. The molecule has 1 amide bonds. The van der Waals surface area contributed by atoms with E-state index in [-0.39, 0.29) is 11.9 Å². The second-order valence-corrected chi connectivity index (χ2v) is 7.05. The van der Waals surface area contributed by atoms with Gasteiger partial charge in [-0.15, -0.1) is 0 Å². The van der Waals surface area contributed by atoms with E-state index < -0.39 is 0 Å². The fourth-order valence-electron chi connectivity index (χ4n) is 3.34. The van der Waals surface area contributed by atoms with Crippen LogP contribution in [0.4, 0.5) is 0 Å². The molecule has 0 saturated carbocycles. The molecule has 1 atom stereocenters. The van der Waals surface area contributed by atoms with E-state index >= 15 is 0 Å². The minimum atomic E-state index is 0.0969. The highest BCUT2D eigenvalue weighted by atomic mass is 79.9. The van der Waals surface area contributed by atoms with Crippen LogP contribution in [0, 0.1) is 0 Å². The number of alkyl halides is 1. The van der Waals surface area contributed by atoms with E-state index in [4.69, 9.17) is 9.47 Å². The zero-order valence-electron chi connectivity index (χ0n) is 14.1. The van der Waals surface area contributed by atoms with Crippen molar-refractivity contribution in [2.24, 2.45) is 0 Å².